The maximum Gasteiger partial charge on any atom is 0.241 e. The van der Waals surface area contributed by atoms with Crippen molar-refractivity contribution in [2.75, 3.05) is 33.1 Å². The summed E-state index contributed by atoms with van der Waals surface area (Å²) in [6.45, 7) is 8.82. The molecule has 1 amide bonds. The molecule has 0 spiro atoms. The summed E-state index contributed by atoms with van der Waals surface area (Å²) in [4.78, 5) is 14.8. The first-order chi connectivity index (χ1) is 13.3. The van der Waals surface area contributed by atoms with Crippen LogP contribution in [0.1, 0.15) is 29.2 Å². The Kier molecular flexibility index (Phi) is 7.46. The first-order valence-corrected chi connectivity index (χ1v) is 9.56. The van der Waals surface area contributed by atoms with Crippen molar-refractivity contribution in [3.63, 3.8) is 0 Å². The van der Waals surface area contributed by atoms with Gasteiger partial charge < -0.3 is 14.8 Å². The zero-order valence-electron chi connectivity index (χ0n) is 18.1. The Morgan fingerprint density at radius 1 is 1.04 bits per heavy atom. The van der Waals surface area contributed by atoms with E-state index in [2.05, 4.69) is 29.3 Å². The Morgan fingerprint density at radius 3 is 2.21 bits per heavy atom. The second-order valence-corrected chi connectivity index (χ2v) is 7.36. The average molecular weight is 385 g/mol. The summed E-state index contributed by atoms with van der Waals surface area (Å²) in [7, 11) is 5.23. The lowest BCUT2D eigenvalue weighted by Crippen LogP contribution is -2.40. The van der Waals surface area contributed by atoms with Crippen molar-refractivity contribution in [3.8, 4) is 11.5 Å². The Labute approximate surface area is 168 Å². The van der Waals surface area contributed by atoms with E-state index in [-0.39, 0.29) is 11.9 Å². The summed E-state index contributed by atoms with van der Waals surface area (Å²) in [6, 6.07) is 9.87. The van der Waals surface area contributed by atoms with Crippen molar-refractivity contribution < 1.29 is 14.3 Å². The van der Waals surface area contributed by atoms with Crippen molar-refractivity contribution in [1.82, 2.24) is 4.90 Å². The number of likely N-dealkylation sites (N-methyl/N-ethyl adjacent to an activating group) is 1. The zero-order valence-corrected chi connectivity index (χ0v) is 18.1. The molecule has 0 unspecified atom stereocenters. The molecule has 0 heterocycles. The van der Waals surface area contributed by atoms with E-state index in [0.717, 1.165) is 46.8 Å². The maximum atomic E-state index is 12.7. The predicted molar refractivity (Wildman–Crippen MR) is 115 cm³/mol. The van der Waals surface area contributed by atoms with Gasteiger partial charge in [-0.3, -0.25) is 9.69 Å². The molecular formula is C23H32N2O3. The summed E-state index contributed by atoms with van der Waals surface area (Å²) in [5, 5.41) is 3.10. The fourth-order valence-electron chi connectivity index (χ4n) is 3.34. The highest BCUT2D eigenvalue weighted by Crippen LogP contribution is 2.28. The number of anilines is 1. The smallest absolute Gasteiger partial charge is 0.241 e. The molecule has 0 saturated carbocycles. The van der Waals surface area contributed by atoms with Crippen LogP contribution < -0.4 is 14.8 Å². The van der Waals surface area contributed by atoms with Crippen LogP contribution in [-0.4, -0.2) is 44.7 Å². The number of aryl methyl sites for hydroxylation is 3. The SMILES string of the molecule is COc1ccc(CCN(C)[C@H](C)C(=O)Nc2c(C)cc(C)cc2C)cc1OC. The van der Waals surface area contributed by atoms with Crippen LogP contribution in [-0.2, 0) is 11.2 Å². The summed E-state index contributed by atoms with van der Waals surface area (Å²) in [5.74, 6) is 1.44. The minimum Gasteiger partial charge on any atom is -0.493 e. The fraction of sp³-hybridized carbons (Fsp3) is 0.435. The highest BCUT2D eigenvalue weighted by Gasteiger charge is 2.19. The van der Waals surface area contributed by atoms with Crippen molar-refractivity contribution >= 4 is 11.6 Å². The van der Waals surface area contributed by atoms with Gasteiger partial charge in [0.25, 0.3) is 0 Å². The van der Waals surface area contributed by atoms with E-state index in [0.29, 0.717) is 0 Å². The largest absolute Gasteiger partial charge is 0.493 e. The lowest BCUT2D eigenvalue weighted by atomic mass is 10.0. The van der Waals surface area contributed by atoms with Gasteiger partial charge in [0.05, 0.1) is 20.3 Å². The van der Waals surface area contributed by atoms with Crippen molar-refractivity contribution in [1.29, 1.82) is 0 Å². The first kappa shape index (κ1) is 21.8. The van der Waals surface area contributed by atoms with Crippen LogP contribution in [0.5, 0.6) is 11.5 Å². The van der Waals surface area contributed by atoms with Crippen LogP contribution in [0.25, 0.3) is 0 Å². The molecule has 0 saturated heterocycles. The molecule has 0 fully saturated rings. The predicted octanol–water partition coefficient (Wildman–Crippen LogP) is 4.13. The molecule has 28 heavy (non-hydrogen) atoms. The molecule has 1 atom stereocenters. The minimum atomic E-state index is -0.236. The number of benzene rings is 2. The van der Waals surface area contributed by atoms with Gasteiger partial charge in [0.1, 0.15) is 0 Å². The van der Waals surface area contributed by atoms with Crippen molar-refractivity contribution in [2.24, 2.45) is 0 Å². The molecule has 0 radical (unpaired) electrons. The highest BCUT2D eigenvalue weighted by atomic mass is 16.5. The minimum absolute atomic E-state index is 0.00450. The van der Waals surface area contributed by atoms with E-state index in [1.54, 1.807) is 14.2 Å². The molecule has 0 aliphatic carbocycles. The van der Waals surface area contributed by atoms with Crippen LogP contribution in [0.4, 0.5) is 5.69 Å². The van der Waals surface area contributed by atoms with Gasteiger partial charge in [-0.1, -0.05) is 23.8 Å². The number of hydrogen-bond donors (Lipinski definition) is 1. The first-order valence-electron chi connectivity index (χ1n) is 9.56. The molecule has 5 heteroatoms. The van der Waals surface area contributed by atoms with Gasteiger partial charge in [0.2, 0.25) is 5.91 Å². The maximum absolute atomic E-state index is 12.7. The van der Waals surface area contributed by atoms with Crippen LogP contribution in [0.3, 0.4) is 0 Å². The van der Waals surface area contributed by atoms with E-state index >= 15 is 0 Å². The molecule has 0 aliphatic rings. The number of nitrogens with zero attached hydrogens (tertiary/aromatic N) is 1. The Morgan fingerprint density at radius 2 is 1.64 bits per heavy atom. The average Bonchev–Trinajstić information content (AvgIpc) is 2.67. The number of methoxy groups -OCH3 is 2. The Balaban J connectivity index is 1.99. The second kappa shape index (κ2) is 9.60. The molecule has 0 bridgehead atoms. The van der Waals surface area contributed by atoms with Gasteiger partial charge in [-0.2, -0.15) is 0 Å². The molecule has 0 aliphatic heterocycles. The standard InChI is InChI=1S/C23H32N2O3/c1-15-12-16(2)22(17(3)13-15)24-23(26)18(4)25(5)11-10-19-8-9-20(27-6)21(14-19)28-7/h8-9,12-14,18H,10-11H2,1-7H3,(H,24,26)/t18-/m1/s1. The molecule has 1 N–H and O–H groups in total. The van der Waals surface area contributed by atoms with Crippen LogP contribution in [0, 0.1) is 20.8 Å². The number of rotatable bonds is 8. The molecule has 152 valence electrons. The quantitative estimate of drug-likeness (QED) is 0.743. The van der Waals surface area contributed by atoms with E-state index in [9.17, 15) is 4.79 Å². The van der Waals surface area contributed by atoms with E-state index < -0.39 is 0 Å². The summed E-state index contributed by atoms with van der Waals surface area (Å²) < 4.78 is 10.6. The molecule has 5 nitrogen and oxygen atoms in total. The number of ether oxygens (including phenoxy) is 2. The number of nitrogens with one attached hydrogen (secondary N) is 1. The highest BCUT2D eigenvalue weighted by molar-refractivity contribution is 5.95. The molecule has 0 aromatic heterocycles. The van der Waals surface area contributed by atoms with Gasteiger partial charge in [0.15, 0.2) is 11.5 Å². The molecule has 2 rings (SSSR count). The fourth-order valence-corrected chi connectivity index (χ4v) is 3.34. The van der Waals surface area contributed by atoms with Gasteiger partial charge >= 0.3 is 0 Å². The van der Waals surface area contributed by atoms with E-state index in [4.69, 9.17) is 9.47 Å². The third-order valence-corrected chi connectivity index (χ3v) is 5.17. The van der Waals surface area contributed by atoms with Crippen LogP contribution >= 0.6 is 0 Å². The van der Waals surface area contributed by atoms with Crippen molar-refractivity contribution in [3.05, 3.63) is 52.6 Å². The summed E-state index contributed by atoms with van der Waals surface area (Å²) >= 11 is 0. The third-order valence-electron chi connectivity index (χ3n) is 5.17. The number of carbonyl (C=O) groups is 1. The number of amides is 1. The van der Waals surface area contributed by atoms with Gasteiger partial charge in [-0.15, -0.1) is 0 Å². The summed E-state index contributed by atoms with van der Waals surface area (Å²) in [6.07, 6.45) is 0.817. The number of carbonyl (C=O) groups excluding carboxylic acids is 1. The summed E-state index contributed by atoms with van der Waals surface area (Å²) in [5.41, 5.74) is 5.43. The van der Waals surface area contributed by atoms with Gasteiger partial charge in [-0.05, 0) is 70.0 Å². The zero-order chi connectivity index (χ0) is 20.8. The van der Waals surface area contributed by atoms with E-state index in [1.165, 1.54) is 5.56 Å². The van der Waals surface area contributed by atoms with Crippen LogP contribution in [0.15, 0.2) is 30.3 Å². The normalized spacial score (nSPS) is 12.0. The number of hydrogen-bond acceptors (Lipinski definition) is 4. The van der Waals surface area contributed by atoms with E-state index in [1.807, 2.05) is 46.0 Å². The van der Waals surface area contributed by atoms with Crippen molar-refractivity contribution in [2.45, 2.75) is 40.2 Å². The monoisotopic (exact) mass is 384 g/mol. The third kappa shape index (κ3) is 5.26. The molecule has 2 aromatic rings. The Hall–Kier alpha value is -2.53. The lowest BCUT2D eigenvalue weighted by Gasteiger charge is -2.25. The van der Waals surface area contributed by atoms with Crippen LogP contribution in [0.2, 0.25) is 0 Å². The van der Waals surface area contributed by atoms with Gasteiger partial charge in [-0.25, -0.2) is 0 Å². The van der Waals surface area contributed by atoms with Gasteiger partial charge in [0, 0.05) is 12.2 Å². The second-order valence-electron chi connectivity index (χ2n) is 7.36. The topological polar surface area (TPSA) is 50.8 Å². The molecular weight excluding hydrogens is 352 g/mol. The Bertz CT molecular complexity index is 810. The molecule has 2 aromatic carbocycles. The lowest BCUT2D eigenvalue weighted by molar-refractivity contribution is -0.120.